The van der Waals surface area contributed by atoms with Crippen molar-refractivity contribution in [2.45, 2.75) is 11.8 Å². The minimum absolute atomic E-state index is 0.373. The minimum Gasteiger partial charge on any atom is -0.200 e. The summed E-state index contributed by atoms with van der Waals surface area (Å²) >= 11 is 0. The Hall–Kier alpha value is -1.83. The van der Waals surface area contributed by atoms with Gasteiger partial charge in [0.05, 0.1) is 10.6 Å². The van der Waals surface area contributed by atoms with E-state index in [0.29, 0.717) is 11.3 Å². The Balaban J connectivity index is 2.54. The highest BCUT2D eigenvalue weighted by molar-refractivity contribution is 7.86. The number of aromatic nitrogens is 4. The standard InChI is InChI=1S/C8H7FN4O2S/c1-6-4-7(16(9,14)15)2-3-8(6)13-5-10-11-12-13/h2-5H,1H3. The molecular weight excluding hydrogens is 235 g/mol. The highest BCUT2D eigenvalue weighted by Crippen LogP contribution is 2.19. The summed E-state index contributed by atoms with van der Waals surface area (Å²) in [5.74, 6) is 0. The van der Waals surface area contributed by atoms with Crippen molar-refractivity contribution in [1.82, 2.24) is 20.2 Å². The molecule has 0 aliphatic heterocycles. The first kappa shape index (κ1) is 10.7. The van der Waals surface area contributed by atoms with Gasteiger partial charge in [0.2, 0.25) is 0 Å². The topological polar surface area (TPSA) is 77.7 Å². The monoisotopic (exact) mass is 242 g/mol. The zero-order valence-electron chi connectivity index (χ0n) is 8.20. The van der Waals surface area contributed by atoms with Crippen LogP contribution in [0.25, 0.3) is 5.69 Å². The number of rotatable bonds is 2. The van der Waals surface area contributed by atoms with E-state index in [4.69, 9.17) is 0 Å². The van der Waals surface area contributed by atoms with Gasteiger partial charge in [0.15, 0.2) is 0 Å². The number of aryl methyl sites for hydroxylation is 1. The van der Waals surface area contributed by atoms with Gasteiger partial charge in [-0.05, 0) is 41.1 Å². The third-order valence-electron chi connectivity index (χ3n) is 2.05. The normalized spacial score (nSPS) is 11.6. The summed E-state index contributed by atoms with van der Waals surface area (Å²) in [4.78, 5) is -0.373. The largest absolute Gasteiger partial charge is 0.332 e. The molecule has 0 saturated heterocycles. The van der Waals surface area contributed by atoms with E-state index in [2.05, 4.69) is 15.5 Å². The van der Waals surface area contributed by atoms with E-state index >= 15 is 0 Å². The average Bonchev–Trinajstić information content (AvgIpc) is 2.69. The van der Waals surface area contributed by atoms with Crippen LogP contribution in [-0.2, 0) is 10.2 Å². The van der Waals surface area contributed by atoms with Crippen LogP contribution in [0.3, 0.4) is 0 Å². The number of hydrogen-bond acceptors (Lipinski definition) is 5. The van der Waals surface area contributed by atoms with Crippen LogP contribution in [0.4, 0.5) is 3.89 Å². The molecule has 2 aromatic rings. The Morgan fingerprint density at radius 3 is 2.62 bits per heavy atom. The van der Waals surface area contributed by atoms with Crippen LogP contribution in [0.5, 0.6) is 0 Å². The van der Waals surface area contributed by atoms with Crippen molar-refractivity contribution in [2.24, 2.45) is 0 Å². The van der Waals surface area contributed by atoms with Crippen molar-refractivity contribution in [3.63, 3.8) is 0 Å². The lowest BCUT2D eigenvalue weighted by atomic mass is 10.2. The Morgan fingerprint density at radius 2 is 2.12 bits per heavy atom. The molecule has 8 heteroatoms. The van der Waals surface area contributed by atoms with Gasteiger partial charge in [0, 0.05) is 0 Å². The molecule has 0 N–H and O–H groups in total. The SMILES string of the molecule is Cc1cc(S(=O)(=O)F)ccc1-n1cnnn1. The van der Waals surface area contributed by atoms with Crippen LogP contribution in [-0.4, -0.2) is 28.6 Å². The summed E-state index contributed by atoms with van der Waals surface area (Å²) in [5, 5.41) is 10.6. The molecule has 6 nitrogen and oxygen atoms in total. The fraction of sp³-hybridized carbons (Fsp3) is 0.125. The molecule has 1 aromatic heterocycles. The van der Waals surface area contributed by atoms with Gasteiger partial charge in [-0.3, -0.25) is 0 Å². The molecule has 0 bridgehead atoms. The van der Waals surface area contributed by atoms with Gasteiger partial charge in [0.1, 0.15) is 6.33 Å². The summed E-state index contributed by atoms with van der Waals surface area (Å²) in [7, 11) is -4.67. The van der Waals surface area contributed by atoms with Gasteiger partial charge in [0.25, 0.3) is 0 Å². The highest BCUT2D eigenvalue weighted by atomic mass is 32.3. The molecule has 0 amide bonds. The zero-order chi connectivity index (χ0) is 11.8. The van der Waals surface area contributed by atoms with Crippen LogP contribution in [0.15, 0.2) is 29.4 Å². The lowest BCUT2D eigenvalue weighted by Gasteiger charge is -2.04. The van der Waals surface area contributed by atoms with Crippen LogP contribution < -0.4 is 0 Å². The van der Waals surface area contributed by atoms with Crippen LogP contribution in [0.2, 0.25) is 0 Å². The Kier molecular flexibility index (Phi) is 2.43. The molecule has 0 atom stereocenters. The summed E-state index contributed by atoms with van der Waals surface area (Å²) in [6, 6.07) is 3.84. The van der Waals surface area contributed by atoms with Gasteiger partial charge >= 0.3 is 10.2 Å². The van der Waals surface area contributed by atoms with E-state index < -0.39 is 10.2 Å². The van der Waals surface area contributed by atoms with Crippen molar-refractivity contribution in [3.05, 3.63) is 30.1 Å². The summed E-state index contributed by atoms with van der Waals surface area (Å²) in [5.41, 5.74) is 1.16. The summed E-state index contributed by atoms with van der Waals surface area (Å²) in [6.07, 6.45) is 1.37. The second-order valence-corrected chi connectivity index (χ2v) is 4.49. The van der Waals surface area contributed by atoms with E-state index in [1.165, 1.54) is 29.2 Å². The fourth-order valence-electron chi connectivity index (χ4n) is 1.31. The molecule has 0 saturated carbocycles. The molecule has 1 aromatic carbocycles. The van der Waals surface area contributed by atoms with Crippen molar-refractivity contribution >= 4 is 10.2 Å². The molecule has 0 aliphatic rings. The second kappa shape index (κ2) is 3.63. The van der Waals surface area contributed by atoms with Crippen molar-refractivity contribution in [1.29, 1.82) is 0 Å². The number of halogens is 1. The zero-order valence-corrected chi connectivity index (χ0v) is 9.02. The molecule has 1 heterocycles. The summed E-state index contributed by atoms with van der Waals surface area (Å²) in [6.45, 7) is 1.64. The average molecular weight is 242 g/mol. The van der Waals surface area contributed by atoms with Gasteiger partial charge in [-0.2, -0.15) is 8.42 Å². The van der Waals surface area contributed by atoms with Crippen LogP contribution >= 0.6 is 0 Å². The van der Waals surface area contributed by atoms with E-state index in [1.807, 2.05) is 0 Å². The molecule has 0 unspecified atom stereocenters. The molecule has 2 rings (SSSR count). The number of hydrogen-bond donors (Lipinski definition) is 0. The fourth-order valence-corrected chi connectivity index (χ4v) is 1.86. The van der Waals surface area contributed by atoms with Gasteiger partial charge in [-0.25, -0.2) is 4.68 Å². The molecule has 0 spiro atoms. The van der Waals surface area contributed by atoms with Crippen LogP contribution in [0.1, 0.15) is 5.56 Å². The first-order valence-corrected chi connectivity index (χ1v) is 5.65. The first-order valence-electron chi connectivity index (χ1n) is 4.27. The van der Waals surface area contributed by atoms with Crippen molar-refractivity contribution < 1.29 is 12.3 Å². The lowest BCUT2D eigenvalue weighted by Crippen LogP contribution is -2.00. The van der Waals surface area contributed by atoms with Crippen molar-refractivity contribution in [3.8, 4) is 5.69 Å². The van der Waals surface area contributed by atoms with Crippen molar-refractivity contribution in [2.75, 3.05) is 0 Å². The molecule has 84 valence electrons. The first-order chi connectivity index (χ1) is 7.48. The predicted octanol–water partition coefficient (Wildman–Crippen LogP) is 0.629. The third-order valence-corrected chi connectivity index (χ3v) is 2.86. The van der Waals surface area contributed by atoms with E-state index in [9.17, 15) is 12.3 Å². The molecule has 16 heavy (non-hydrogen) atoms. The Morgan fingerprint density at radius 1 is 1.38 bits per heavy atom. The maximum atomic E-state index is 12.7. The highest BCUT2D eigenvalue weighted by Gasteiger charge is 2.13. The smallest absolute Gasteiger partial charge is 0.200 e. The van der Waals surface area contributed by atoms with Gasteiger partial charge in [-0.1, -0.05) is 0 Å². The number of tetrazole rings is 1. The molecule has 0 aliphatic carbocycles. The minimum atomic E-state index is -4.67. The Bertz CT molecular complexity index is 609. The Labute approximate surface area is 90.9 Å². The lowest BCUT2D eigenvalue weighted by molar-refractivity contribution is 0.552. The third kappa shape index (κ3) is 1.91. The molecule has 0 radical (unpaired) electrons. The van der Waals surface area contributed by atoms with Gasteiger partial charge < -0.3 is 0 Å². The van der Waals surface area contributed by atoms with E-state index in [0.717, 1.165) is 0 Å². The molecule has 0 fully saturated rings. The molecular formula is C8H7FN4O2S. The van der Waals surface area contributed by atoms with E-state index in [1.54, 1.807) is 6.92 Å². The maximum Gasteiger partial charge on any atom is 0.332 e. The predicted molar refractivity (Wildman–Crippen MR) is 52.2 cm³/mol. The van der Waals surface area contributed by atoms with E-state index in [-0.39, 0.29) is 4.90 Å². The number of nitrogens with zero attached hydrogens (tertiary/aromatic N) is 4. The quantitative estimate of drug-likeness (QED) is 0.722. The second-order valence-electron chi connectivity index (χ2n) is 3.14. The van der Waals surface area contributed by atoms with Crippen LogP contribution in [0, 0.1) is 6.92 Å². The van der Waals surface area contributed by atoms with Gasteiger partial charge in [-0.15, -0.1) is 8.98 Å². The maximum absolute atomic E-state index is 12.7. The summed E-state index contributed by atoms with van der Waals surface area (Å²) < 4.78 is 35.4. The number of benzene rings is 1.